The summed E-state index contributed by atoms with van der Waals surface area (Å²) in [5.74, 6) is -0.439. The van der Waals surface area contributed by atoms with Gasteiger partial charge in [-0.05, 0) is 11.3 Å². The number of aromatic nitrogens is 4. The third-order valence-electron chi connectivity index (χ3n) is 1.32. The molecule has 0 aliphatic heterocycles. The third kappa shape index (κ3) is 1.97. The van der Waals surface area contributed by atoms with E-state index < -0.39 is 10.9 Å². The zero-order valence-electron chi connectivity index (χ0n) is 6.67. The first kappa shape index (κ1) is 8.57. The molecule has 0 amide bonds. The quantitative estimate of drug-likeness (QED) is 0.482. The Bertz CT molecular complexity index is 271. The minimum atomic E-state index is -0.657. The van der Waals surface area contributed by atoms with E-state index in [1.165, 1.54) is 4.80 Å². The fourth-order valence-electron chi connectivity index (χ4n) is 0.702. The second-order valence-corrected chi connectivity index (χ2v) is 2.30. The zero-order chi connectivity index (χ0) is 8.97. The molecule has 7 heteroatoms. The van der Waals surface area contributed by atoms with E-state index in [0.29, 0.717) is 6.54 Å². The van der Waals surface area contributed by atoms with Gasteiger partial charge < -0.3 is 10.1 Å². The third-order valence-corrected chi connectivity index (χ3v) is 1.32. The van der Waals surface area contributed by atoms with Gasteiger partial charge in [0.2, 0.25) is 0 Å². The van der Waals surface area contributed by atoms with E-state index in [2.05, 4.69) is 15.4 Å². The van der Waals surface area contributed by atoms with Crippen LogP contribution in [0.25, 0.3) is 0 Å². The predicted molar refractivity (Wildman–Crippen MR) is 39.4 cm³/mol. The molecule has 0 saturated carbocycles. The lowest BCUT2D eigenvalue weighted by Gasteiger charge is -1.88. The molecule has 0 radical (unpaired) electrons. The van der Waals surface area contributed by atoms with Gasteiger partial charge in [0.25, 0.3) is 0 Å². The van der Waals surface area contributed by atoms with Crippen molar-refractivity contribution in [1.29, 1.82) is 0 Å². The summed E-state index contributed by atoms with van der Waals surface area (Å²) >= 11 is 0. The molecule has 1 aromatic rings. The maximum absolute atomic E-state index is 10.1. The summed E-state index contributed by atoms with van der Waals surface area (Å²) in [5, 5.41) is 20.4. The normalized spacial score (nSPS) is 10.1. The van der Waals surface area contributed by atoms with Crippen LogP contribution in [-0.2, 0) is 6.54 Å². The van der Waals surface area contributed by atoms with E-state index in [4.69, 9.17) is 0 Å². The topological polar surface area (TPSA) is 86.7 Å². The smallest absolute Gasteiger partial charge is 0.390 e. The van der Waals surface area contributed by atoms with Crippen LogP contribution in [0.5, 0.6) is 0 Å². The van der Waals surface area contributed by atoms with E-state index in [-0.39, 0.29) is 0 Å². The summed E-state index contributed by atoms with van der Waals surface area (Å²) in [7, 11) is 0. The van der Waals surface area contributed by atoms with Gasteiger partial charge in [-0.2, -0.15) is 0 Å². The van der Waals surface area contributed by atoms with Gasteiger partial charge >= 0.3 is 5.95 Å². The summed E-state index contributed by atoms with van der Waals surface area (Å²) in [5.41, 5.74) is 0. The molecule has 0 bridgehead atoms. The fourth-order valence-corrected chi connectivity index (χ4v) is 0.702. The van der Waals surface area contributed by atoms with Crippen LogP contribution in [0, 0.1) is 10.1 Å². The molecule has 0 aliphatic carbocycles. The van der Waals surface area contributed by atoms with Crippen LogP contribution in [0.4, 0.5) is 5.95 Å². The lowest BCUT2D eigenvalue weighted by atomic mass is 10.3. The summed E-state index contributed by atoms with van der Waals surface area (Å²) in [4.78, 5) is 10.7. The Balaban J connectivity index is 2.58. The highest BCUT2D eigenvalue weighted by Crippen LogP contribution is 1.98. The van der Waals surface area contributed by atoms with E-state index in [1.54, 1.807) is 0 Å². The van der Waals surface area contributed by atoms with Crippen molar-refractivity contribution in [3.63, 3.8) is 0 Å². The van der Waals surface area contributed by atoms with Crippen LogP contribution in [0.3, 0.4) is 0 Å². The Hall–Kier alpha value is -1.53. The lowest BCUT2D eigenvalue weighted by Crippen LogP contribution is -2.02. The van der Waals surface area contributed by atoms with Crippen LogP contribution >= 0.6 is 0 Å². The number of unbranched alkanes of at least 4 members (excludes halogenated alkanes) is 1. The number of hydrogen-bond acceptors (Lipinski definition) is 5. The molecule has 66 valence electrons. The Kier molecular flexibility index (Phi) is 2.67. The maximum Gasteiger partial charge on any atom is 0.514 e. The van der Waals surface area contributed by atoms with Crippen molar-refractivity contribution in [3.8, 4) is 0 Å². The van der Waals surface area contributed by atoms with Crippen LogP contribution in [-0.4, -0.2) is 25.1 Å². The van der Waals surface area contributed by atoms with Gasteiger partial charge in [-0.1, -0.05) is 18.1 Å². The number of hydrogen-bond donors (Lipinski definition) is 0. The van der Waals surface area contributed by atoms with Gasteiger partial charge in [0.1, 0.15) is 0 Å². The molecule has 1 heterocycles. The van der Waals surface area contributed by atoms with Crippen LogP contribution in [0.2, 0.25) is 0 Å². The highest BCUT2D eigenvalue weighted by atomic mass is 16.6. The van der Waals surface area contributed by atoms with Gasteiger partial charge in [-0.3, -0.25) is 0 Å². The van der Waals surface area contributed by atoms with Crippen molar-refractivity contribution >= 4 is 5.95 Å². The van der Waals surface area contributed by atoms with Crippen molar-refractivity contribution < 1.29 is 4.92 Å². The first-order valence-corrected chi connectivity index (χ1v) is 3.66. The molecular formula is C5H9N5O2. The number of nitro groups is 1. The van der Waals surface area contributed by atoms with E-state index >= 15 is 0 Å². The SMILES string of the molecule is CCCCn1nnc([N+](=O)[O-])n1. The van der Waals surface area contributed by atoms with E-state index in [1.807, 2.05) is 6.92 Å². The second-order valence-electron chi connectivity index (χ2n) is 2.30. The summed E-state index contributed by atoms with van der Waals surface area (Å²) in [6.07, 6.45) is 1.89. The van der Waals surface area contributed by atoms with Gasteiger partial charge in [-0.25, -0.2) is 0 Å². The molecule has 1 aromatic heterocycles. The van der Waals surface area contributed by atoms with Gasteiger partial charge in [0, 0.05) is 5.21 Å². The largest absolute Gasteiger partial charge is 0.514 e. The average molecular weight is 171 g/mol. The van der Waals surface area contributed by atoms with Crippen molar-refractivity contribution in [2.75, 3.05) is 0 Å². The highest BCUT2D eigenvalue weighted by molar-refractivity contribution is 4.92. The minimum Gasteiger partial charge on any atom is -0.390 e. The Labute approximate surface area is 68.5 Å². The Morgan fingerprint density at radius 2 is 2.42 bits per heavy atom. The van der Waals surface area contributed by atoms with Crippen molar-refractivity contribution in [1.82, 2.24) is 20.2 Å². The van der Waals surface area contributed by atoms with Gasteiger partial charge in [-0.15, -0.1) is 0 Å². The maximum atomic E-state index is 10.1. The van der Waals surface area contributed by atoms with Crippen molar-refractivity contribution in [2.24, 2.45) is 0 Å². The average Bonchev–Trinajstić information content (AvgIpc) is 2.48. The molecule has 0 fully saturated rings. The minimum absolute atomic E-state index is 0.439. The van der Waals surface area contributed by atoms with E-state index in [0.717, 1.165) is 12.8 Å². The zero-order valence-corrected chi connectivity index (χ0v) is 6.67. The molecule has 0 N–H and O–H groups in total. The molecule has 12 heavy (non-hydrogen) atoms. The van der Waals surface area contributed by atoms with E-state index in [9.17, 15) is 10.1 Å². The standard InChI is InChI=1S/C5H9N5O2/c1-2-3-4-9-7-5(6-8-9)10(11)12/h2-4H2,1H3. The predicted octanol–water partition coefficient (Wildman–Crippen LogP) is 0.381. The summed E-state index contributed by atoms with van der Waals surface area (Å²) in [6.45, 7) is 2.60. The second kappa shape index (κ2) is 3.74. The summed E-state index contributed by atoms with van der Waals surface area (Å²) in [6, 6.07) is 0. The number of rotatable bonds is 4. The monoisotopic (exact) mass is 171 g/mol. The van der Waals surface area contributed by atoms with Crippen LogP contribution < -0.4 is 0 Å². The van der Waals surface area contributed by atoms with Gasteiger partial charge in [0.05, 0.1) is 16.7 Å². The molecular weight excluding hydrogens is 162 g/mol. The lowest BCUT2D eigenvalue weighted by molar-refractivity contribution is -0.394. The van der Waals surface area contributed by atoms with Crippen molar-refractivity contribution in [2.45, 2.75) is 26.3 Å². The first-order chi connectivity index (χ1) is 5.74. The molecule has 0 aliphatic rings. The molecule has 7 nitrogen and oxygen atoms in total. The molecule has 1 rings (SSSR count). The summed E-state index contributed by atoms with van der Waals surface area (Å²) < 4.78 is 0. The number of nitrogens with zero attached hydrogens (tertiary/aromatic N) is 5. The number of aryl methyl sites for hydroxylation is 1. The molecule has 0 saturated heterocycles. The Morgan fingerprint density at radius 1 is 1.67 bits per heavy atom. The molecule has 0 unspecified atom stereocenters. The fraction of sp³-hybridized carbons (Fsp3) is 0.800. The molecule has 0 aromatic carbocycles. The van der Waals surface area contributed by atoms with Crippen LogP contribution in [0.15, 0.2) is 0 Å². The molecule has 0 atom stereocenters. The number of tetrazole rings is 1. The highest BCUT2D eigenvalue weighted by Gasteiger charge is 2.13. The van der Waals surface area contributed by atoms with Crippen molar-refractivity contribution in [3.05, 3.63) is 10.1 Å². The first-order valence-electron chi connectivity index (χ1n) is 3.66. The Morgan fingerprint density at radius 3 is 2.92 bits per heavy atom. The van der Waals surface area contributed by atoms with Gasteiger partial charge in [0.15, 0.2) is 0 Å². The molecule has 0 spiro atoms. The van der Waals surface area contributed by atoms with Crippen LogP contribution in [0.1, 0.15) is 19.8 Å².